The zero-order valence-corrected chi connectivity index (χ0v) is 10.8. The Labute approximate surface area is 103 Å². The molecule has 2 N–H and O–H groups in total. The van der Waals surface area contributed by atoms with Gasteiger partial charge >= 0.3 is 0 Å². The minimum absolute atomic E-state index is 0.143. The number of hydrogen-bond acceptors (Lipinski definition) is 1. The largest absolute Gasteiger partial charge is 0.321 e. The third kappa shape index (κ3) is 2.37. The highest BCUT2D eigenvalue weighted by Crippen LogP contribution is 2.40. The summed E-state index contributed by atoms with van der Waals surface area (Å²) in [6.07, 6.45) is 5.25. The maximum absolute atomic E-state index is 13.2. The summed E-state index contributed by atoms with van der Waals surface area (Å²) >= 11 is 0. The quantitative estimate of drug-likeness (QED) is 0.845. The van der Waals surface area contributed by atoms with Gasteiger partial charge in [-0.3, -0.25) is 0 Å². The van der Waals surface area contributed by atoms with Crippen LogP contribution in [0.3, 0.4) is 0 Å². The van der Waals surface area contributed by atoms with Crippen LogP contribution in [0, 0.1) is 11.7 Å². The molecule has 1 atom stereocenters. The Hall–Kier alpha value is -0.890. The van der Waals surface area contributed by atoms with Crippen LogP contribution in [0.5, 0.6) is 0 Å². The molecule has 2 rings (SSSR count). The molecule has 0 fully saturated rings. The van der Waals surface area contributed by atoms with Gasteiger partial charge in [0.2, 0.25) is 0 Å². The number of hydrogen-bond donors (Lipinski definition) is 1. The Kier molecular flexibility index (Phi) is 3.53. The first-order valence-corrected chi connectivity index (χ1v) is 6.67. The van der Waals surface area contributed by atoms with Crippen LogP contribution in [0.4, 0.5) is 4.39 Å². The molecule has 0 saturated heterocycles. The summed E-state index contributed by atoms with van der Waals surface area (Å²) < 4.78 is 13.2. The van der Waals surface area contributed by atoms with Gasteiger partial charge in [0.15, 0.2) is 0 Å². The minimum atomic E-state index is -0.222. The second kappa shape index (κ2) is 4.77. The van der Waals surface area contributed by atoms with Crippen molar-refractivity contribution in [3.05, 3.63) is 35.1 Å². The number of nitrogens with two attached hydrogens (primary N) is 1. The van der Waals surface area contributed by atoms with E-state index in [1.807, 2.05) is 6.07 Å². The van der Waals surface area contributed by atoms with E-state index in [0.29, 0.717) is 5.92 Å². The molecule has 94 valence electrons. The maximum atomic E-state index is 13.2. The molecule has 0 amide bonds. The molecule has 0 saturated carbocycles. The monoisotopic (exact) mass is 235 g/mol. The third-order valence-electron chi connectivity index (χ3n) is 4.25. The van der Waals surface area contributed by atoms with E-state index in [1.165, 1.54) is 18.4 Å². The van der Waals surface area contributed by atoms with Crippen molar-refractivity contribution in [1.82, 2.24) is 0 Å². The fourth-order valence-corrected chi connectivity index (χ4v) is 3.05. The van der Waals surface area contributed by atoms with Gasteiger partial charge in [0, 0.05) is 5.54 Å². The Bertz CT molecular complexity index is 398. The SMILES string of the molecule is CCC(CC)CC1(N)CCc2cc(F)ccc21. The molecule has 0 bridgehead atoms. The summed E-state index contributed by atoms with van der Waals surface area (Å²) in [5.74, 6) is 0.534. The van der Waals surface area contributed by atoms with E-state index >= 15 is 0 Å². The molecule has 0 spiro atoms. The van der Waals surface area contributed by atoms with Crippen LogP contribution in [-0.4, -0.2) is 0 Å². The fraction of sp³-hybridized carbons (Fsp3) is 0.600. The maximum Gasteiger partial charge on any atom is 0.123 e. The van der Waals surface area contributed by atoms with Crippen LogP contribution in [0.1, 0.15) is 50.7 Å². The van der Waals surface area contributed by atoms with Crippen molar-refractivity contribution < 1.29 is 4.39 Å². The lowest BCUT2D eigenvalue weighted by molar-refractivity contribution is 0.306. The Morgan fingerprint density at radius 3 is 2.71 bits per heavy atom. The predicted octanol–water partition coefficient (Wildman–Crippen LogP) is 3.75. The highest BCUT2D eigenvalue weighted by atomic mass is 19.1. The molecular weight excluding hydrogens is 213 g/mol. The third-order valence-corrected chi connectivity index (χ3v) is 4.25. The number of rotatable bonds is 4. The number of benzene rings is 1. The molecule has 0 radical (unpaired) electrons. The van der Waals surface area contributed by atoms with E-state index in [-0.39, 0.29) is 11.4 Å². The summed E-state index contributed by atoms with van der Waals surface area (Å²) in [6.45, 7) is 4.44. The van der Waals surface area contributed by atoms with E-state index in [0.717, 1.165) is 24.8 Å². The van der Waals surface area contributed by atoms with Crippen molar-refractivity contribution in [2.45, 2.75) is 51.5 Å². The van der Waals surface area contributed by atoms with Crippen LogP contribution in [0.2, 0.25) is 0 Å². The molecule has 1 aromatic rings. The predicted molar refractivity (Wildman–Crippen MR) is 69.3 cm³/mol. The van der Waals surface area contributed by atoms with Gasteiger partial charge in [-0.25, -0.2) is 4.39 Å². The van der Waals surface area contributed by atoms with Gasteiger partial charge < -0.3 is 5.73 Å². The summed E-state index contributed by atoms with van der Waals surface area (Å²) in [7, 11) is 0. The lowest BCUT2D eigenvalue weighted by Gasteiger charge is -2.29. The zero-order chi connectivity index (χ0) is 12.5. The average Bonchev–Trinajstić information content (AvgIpc) is 2.64. The normalized spacial score (nSPS) is 23.1. The minimum Gasteiger partial charge on any atom is -0.321 e. The fourth-order valence-electron chi connectivity index (χ4n) is 3.05. The molecule has 0 heterocycles. The standard InChI is InChI=1S/C15H22FN/c1-3-11(4-2)10-15(17)8-7-12-9-13(16)5-6-14(12)15/h5-6,9,11H,3-4,7-8,10,17H2,1-2H3. The first-order chi connectivity index (χ1) is 8.09. The van der Waals surface area contributed by atoms with E-state index in [2.05, 4.69) is 13.8 Å². The highest BCUT2D eigenvalue weighted by Gasteiger charge is 2.36. The van der Waals surface area contributed by atoms with Crippen LogP contribution >= 0.6 is 0 Å². The second-order valence-corrected chi connectivity index (χ2v) is 5.34. The number of fused-ring (bicyclic) bond motifs is 1. The van der Waals surface area contributed by atoms with Gasteiger partial charge in [-0.15, -0.1) is 0 Å². The van der Waals surface area contributed by atoms with Crippen molar-refractivity contribution in [1.29, 1.82) is 0 Å². The molecule has 0 aliphatic heterocycles. The first kappa shape index (κ1) is 12.6. The van der Waals surface area contributed by atoms with Crippen LogP contribution in [0.15, 0.2) is 18.2 Å². The molecule has 1 aliphatic rings. The molecule has 17 heavy (non-hydrogen) atoms. The van der Waals surface area contributed by atoms with Crippen molar-refractivity contribution in [2.75, 3.05) is 0 Å². The van der Waals surface area contributed by atoms with Gasteiger partial charge in [0.1, 0.15) is 5.82 Å². The summed E-state index contributed by atoms with van der Waals surface area (Å²) in [5, 5.41) is 0. The molecular formula is C15H22FN. The summed E-state index contributed by atoms with van der Waals surface area (Å²) in [5.41, 5.74) is 8.61. The second-order valence-electron chi connectivity index (χ2n) is 5.34. The van der Waals surface area contributed by atoms with Crippen LogP contribution in [-0.2, 0) is 12.0 Å². The van der Waals surface area contributed by atoms with E-state index in [4.69, 9.17) is 5.73 Å². The molecule has 0 aromatic heterocycles. The number of aryl methyl sites for hydroxylation is 1. The lowest BCUT2D eigenvalue weighted by Crippen LogP contribution is -2.36. The van der Waals surface area contributed by atoms with Crippen molar-refractivity contribution in [2.24, 2.45) is 11.7 Å². The Morgan fingerprint density at radius 2 is 2.06 bits per heavy atom. The van der Waals surface area contributed by atoms with Crippen LogP contribution in [0.25, 0.3) is 0 Å². The van der Waals surface area contributed by atoms with Crippen molar-refractivity contribution in [3.8, 4) is 0 Å². The van der Waals surface area contributed by atoms with Crippen molar-refractivity contribution >= 4 is 0 Å². The van der Waals surface area contributed by atoms with Gasteiger partial charge in [-0.05, 0) is 48.4 Å². The van der Waals surface area contributed by atoms with E-state index in [9.17, 15) is 4.39 Å². The topological polar surface area (TPSA) is 26.0 Å². The van der Waals surface area contributed by atoms with E-state index in [1.54, 1.807) is 12.1 Å². The summed E-state index contributed by atoms with van der Waals surface area (Å²) in [4.78, 5) is 0. The van der Waals surface area contributed by atoms with Gasteiger partial charge in [0.25, 0.3) is 0 Å². The van der Waals surface area contributed by atoms with Crippen molar-refractivity contribution in [3.63, 3.8) is 0 Å². The zero-order valence-electron chi connectivity index (χ0n) is 10.8. The Morgan fingerprint density at radius 1 is 1.35 bits per heavy atom. The molecule has 1 aromatic carbocycles. The Balaban J connectivity index is 2.24. The summed E-state index contributed by atoms with van der Waals surface area (Å²) in [6, 6.07) is 5.08. The van der Waals surface area contributed by atoms with Gasteiger partial charge in [-0.1, -0.05) is 32.8 Å². The van der Waals surface area contributed by atoms with Gasteiger partial charge in [-0.2, -0.15) is 0 Å². The molecule has 1 aliphatic carbocycles. The highest BCUT2D eigenvalue weighted by molar-refractivity contribution is 5.38. The number of halogens is 1. The van der Waals surface area contributed by atoms with Gasteiger partial charge in [0.05, 0.1) is 0 Å². The lowest BCUT2D eigenvalue weighted by atomic mass is 9.81. The van der Waals surface area contributed by atoms with E-state index < -0.39 is 0 Å². The molecule has 2 heteroatoms. The molecule has 1 nitrogen and oxygen atoms in total. The smallest absolute Gasteiger partial charge is 0.123 e. The van der Waals surface area contributed by atoms with Crippen LogP contribution < -0.4 is 5.73 Å². The molecule has 1 unspecified atom stereocenters. The first-order valence-electron chi connectivity index (χ1n) is 6.67. The average molecular weight is 235 g/mol.